The predicted molar refractivity (Wildman–Crippen MR) is 90.2 cm³/mol. The first kappa shape index (κ1) is 22.1. The molecule has 2 rings (SSSR count). The van der Waals surface area contributed by atoms with Crippen LogP contribution in [-0.2, 0) is 20.7 Å². The van der Waals surface area contributed by atoms with E-state index < -0.39 is 47.9 Å². The van der Waals surface area contributed by atoms with Crippen molar-refractivity contribution in [2.75, 3.05) is 19.7 Å². The number of likely N-dealkylation sites (tertiary alicyclic amines) is 1. The second-order valence-corrected chi connectivity index (χ2v) is 6.95. The standard InChI is InChI=1S/C19H22F5NO3/c1-2-28-17(27)18(11-13-4-5-14(20)10-15(13)21)7-3-9-25(12-18)16(26)6-8-19(22,23)24/h4-5,10H,2-3,6-9,11-12H2,1H3. The Hall–Kier alpha value is -2.19. The molecule has 1 aliphatic rings. The van der Waals surface area contributed by atoms with E-state index in [0.717, 1.165) is 6.07 Å². The maximum absolute atomic E-state index is 14.1. The molecule has 1 saturated heterocycles. The van der Waals surface area contributed by atoms with E-state index in [0.29, 0.717) is 12.5 Å². The van der Waals surface area contributed by atoms with Gasteiger partial charge in [0.2, 0.25) is 5.91 Å². The minimum atomic E-state index is -4.46. The number of ether oxygens (including phenoxy) is 1. The molecule has 1 fully saturated rings. The van der Waals surface area contributed by atoms with Crippen LogP contribution in [0.3, 0.4) is 0 Å². The molecule has 0 radical (unpaired) electrons. The Labute approximate surface area is 159 Å². The lowest BCUT2D eigenvalue weighted by atomic mass is 9.74. The van der Waals surface area contributed by atoms with Crippen LogP contribution >= 0.6 is 0 Å². The second kappa shape index (κ2) is 8.87. The lowest BCUT2D eigenvalue weighted by Gasteiger charge is -2.41. The van der Waals surface area contributed by atoms with Crippen LogP contribution in [0.2, 0.25) is 0 Å². The number of amides is 1. The first-order valence-corrected chi connectivity index (χ1v) is 9.02. The van der Waals surface area contributed by atoms with Gasteiger partial charge in [-0.2, -0.15) is 13.2 Å². The minimum absolute atomic E-state index is 0.0640. The number of piperidine rings is 1. The van der Waals surface area contributed by atoms with Gasteiger partial charge in [0.1, 0.15) is 11.6 Å². The van der Waals surface area contributed by atoms with Crippen molar-refractivity contribution in [2.24, 2.45) is 5.41 Å². The van der Waals surface area contributed by atoms with Crippen LogP contribution in [0.5, 0.6) is 0 Å². The van der Waals surface area contributed by atoms with Gasteiger partial charge in [-0.3, -0.25) is 9.59 Å². The van der Waals surface area contributed by atoms with E-state index in [1.54, 1.807) is 6.92 Å². The van der Waals surface area contributed by atoms with Crippen LogP contribution in [0.15, 0.2) is 18.2 Å². The highest BCUT2D eigenvalue weighted by Crippen LogP contribution is 2.36. The SMILES string of the molecule is CCOC(=O)C1(Cc2ccc(F)cc2F)CCCN(C(=O)CCC(F)(F)F)C1. The molecule has 0 bridgehead atoms. The van der Waals surface area contributed by atoms with E-state index >= 15 is 0 Å². The maximum Gasteiger partial charge on any atom is 0.389 e. The van der Waals surface area contributed by atoms with Gasteiger partial charge in [0.25, 0.3) is 0 Å². The van der Waals surface area contributed by atoms with Crippen molar-refractivity contribution in [1.82, 2.24) is 4.90 Å². The summed E-state index contributed by atoms with van der Waals surface area (Å²) in [6, 6.07) is 2.98. The summed E-state index contributed by atoms with van der Waals surface area (Å²) in [5, 5.41) is 0. The molecule has 0 spiro atoms. The Morgan fingerprint density at radius 1 is 1.25 bits per heavy atom. The van der Waals surface area contributed by atoms with E-state index in [1.807, 2.05) is 0 Å². The number of alkyl halides is 3. The van der Waals surface area contributed by atoms with Gasteiger partial charge in [0, 0.05) is 25.6 Å². The number of hydrogen-bond donors (Lipinski definition) is 0. The minimum Gasteiger partial charge on any atom is -0.466 e. The summed E-state index contributed by atoms with van der Waals surface area (Å²) in [7, 11) is 0. The molecule has 0 aliphatic carbocycles. The number of esters is 1. The van der Waals surface area contributed by atoms with Gasteiger partial charge in [0.05, 0.1) is 18.4 Å². The lowest BCUT2D eigenvalue weighted by Crippen LogP contribution is -2.51. The molecule has 1 aliphatic heterocycles. The zero-order chi connectivity index (χ0) is 20.9. The van der Waals surface area contributed by atoms with Gasteiger partial charge in [-0.15, -0.1) is 0 Å². The van der Waals surface area contributed by atoms with Gasteiger partial charge in [-0.05, 0) is 37.8 Å². The first-order valence-electron chi connectivity index (χ1n) is 9.02. The highest BCUT2D eigenvalue weighted by molar-refractivity contribution is 5.81. The third-order valence-corrected chi connectivity index (χ3v) is 4.80. The summed E-state index contributed by atoms with van der Waals surface area (Å²) < 4.78 is 69.7. The summed E-state index contributed by atoms with van der Waals surface area (Å²) in [4.78, 5) is 26.1. The van der Waals surface area contributed by atoms with E-state index in [9.17, 15) is 31.5 Å². The van der Waals surface area contributed by atoms with Crippen molar-refractivity contribution in [1.29, 1.82) is 0 Å². The van der Waals surface area contributed by atoms with Crippen molar-refractivity contribution in [3.05, 3.63) is 35.4 Å². The number of hydrogen-bond acceptors (Lipinski definition) is 3. The zero-order valence-corrected chi connectivity index (χ0v) is 15.5. The molecule has 1 atom stereocenters. The number of rotatable bonds is 6. The Morgan fingerprint density at radius 2 is 1.96 bits per heavy atom. The van der Waals surface area contributed by atoms with Crippen molar-refractivity contribution in [2.45, 2.75) is 45.2 Å². The van der Waals surface area contributed by atoms with Crippen molar-refractivity contribution < 1.29 is 36.3 Å². The number of carbonyl (C=O) groups excluding carboxylic acids is 2. The molecule has 0 N–H and O–H groups in total. The molecule has 156 valence electrons. The predicted octanol–water partition coefficient (Wildman–Crippen LogP) is 4.02. The number of benzene rings is 1. The molecule has 1 amide bonds. The van der Waals surface area contributed by atoms with Crippen LogP contribution < -0.4 is 0 Å². The quantitative estimate of drug-likeness (QED) is 0.529. The van der Waals surface area contributed by atoms with Crippen molar-refractivity contribution in [3.8, 4) is 0 Å². The summed E-state index contributed by atoms with van der Waals surface area (Å²) >= 11 is 0. The smallest absolute Gasteiger partial charge is 0.389 e. The highest BCUT2D eigenvalue weighted by atomic mass is 19.4. The fraction of sp³-hybridized carbons (Fsp3) is 0.579. The van der Waals surface area contributed by atoms with Gasteiger partial charge >= 0.3 is 12.1 Å². The molecule has 28 heavy (non-hydrogen) atoms. The van der Waals surface area contributed by atoms with Gasteiger partial charge < -0.3 is 9.64 Å². The second-order valence-electron chi connectivity index (χ2n) is 6.95. The molecule has 9 heteroatoms. The molecule has 1 heterocycles. The first-order chi connectivity index (χ1) is 13.1. The monoisotopic (exact) mass is 407 g/mol. The molecule has 4 nitrogen and oxygen atoms in total. The lowest BCUT2D eigenvalue weighted by molar-refractivity contribution is -0.163. The Balaban J connectivity index is 2.24. The fourth-order valence-electron chi connectivity index (χ4n) is 3.45. The third kappa shape index (κ3) is 5.65. The van der Waals surface area contributed by atoms with Crippen LogP contribution in [0, 0.1) is 17.0 Å². The summed E-state index contributed by atoms with van der Waals surface area (Å²) in [5.74, 6) is -2.96. The van der Waals surface area contributed by atoms with Crippen LogP contribution in [0.1, 0.15) is 38.2 Å². The maximum atomic E-state index is 14.1. The highest BCUT2D eigenvalue weighted by Gasteiger charge is 2.45. The molecule has 1 aromatic rings. The van der Waals surface area contributed by atoms with E-state index in [2.05, 4.69) is 0 Å². The van der Waals surface area contributed by atoms with E-state index in [-0.39, 0.29) is 38.1 Å². The van der Waals surface area contributed by atoms with Gasteiger partial charge in [-0.1, -0.05) is 6.07 Å². The molecular weight excluding hydrogens is 385 g/mol. The molecule has 1 aromatic carbocycles. The number of halogens is 5. The Morgan fingerprint density at radius 3 is 2.57 bits per heavy atom. The van der Waals surface area contributed by atoms with Gasteiger partial charge in [0.15, 0.2) is 0 Å². The largest absolute Gasteiger partial charge is 0.466 e. The zero-order valence-electron chi connectivity index (χ0n) is 15.5. The third-order valence-electron chi connectivity index (χ3n) is 4.80. The van der Waals surface area contributed by atoms with Crippen LogP contribution in [-0.4, -0.2) is 42.6 Å². The molecule has 0 saturated carbocycles. The molecular formula is C19H22F5NO3. The summed E-state index contributed by atoms with van der Waals surface area (Å²) in [6.07, 6.45) is -5.92. The summed E-state index contributed by atoms with van der Waals surface area (Å²) in [5.41, 5.74) is -1.21. The van der Waals surface area contributed by atoms with Crippen molar-refractivity contribution >= 4 is 11.9 Å². The van der Waals surface area contributed by atoms with Crippen LogP contribution in [0.25, 0.3) is 0 Å². The summed E-state index contributed by atoms with van der Waals surface area (Å²) in [6.45, 7) is 1.71. The average Bonchev–Trinajstić information content (AvgIpc) is 2.62. The number of nitrogens with zero attached hydrogens (tertiary/aromatic N) is 1. The Kier molecular flexibility index (Phi) is 7.01. The van der Waals surface area contributed by atoms with Gasteiger partial charge in [-0.25, -0.2) is 8.78 Å². The van der Waals surface area contributed by atoms with E-state index in [1.165, 1.54) is 11.0 Å². The average molecular weight is 407 g/mol. The van der Waals surface area contributed by atoms with E-state index in [4.69, 9.17) is 4.74 Å². The fourth-order valence-corrected chi connectivity index (χ4v) is 3.45. The molecule has 1 unspecified atom stereocenters. The Bertz CT molecular complexity index is 722. The topological polar surface area (TPSA) is 46.6 Å². The number of carbonyl (C=O) groups is 2. The van der Waals surface area contributed by atoms with Crippen molar-refractivity contribution in [3.63, 3.8) is 0 Å². The molecule has 0 aromatic heterocycles. The van der Waals surface area contributed by atoms with Crippen LogP contribution in [0.4, 0.5) is 22.0 Å². The normalized spacial score (nSPS) is 20.1.